The minimum Gasteiger partial charge on any atom is -0.479 e. The second-order valence-electron chi connectivity index (χ2n) is 7.32. The van der Waals surface area contributed by atoms with Gasteiger partial charge in [0.15, 0.2) is 6.10 Å². The lowest BCUT2D eigenvalue weighted by molar-refractivity contribution is -0.122. The molecule has 4 rings (SSSR count). The molecule has 0 aliphatic carbocycles. The van der Waals surface area contributed by atoms with Crippen LogP contribution in [0, 0.1) is 20.8 Å². The van der Waals surface area contributed by atoms with Gasteiger partial charge in [0.25, 0.3) is 11.8 Å². The number of ether oxygens (including phenoxy) is 1. The third kappa shape index (κ3) is 3.38. The fourth-order valence-corrected chi connectivity index (χ4v) is 3.66. The molecule has 2 N–H and O–H groups in total. The molecule has 1 atom stereocenters. The van der Waals surface area contributed by atoms with Gasteiger partial charge < -0.3 is 19.9 Å². The zero-order valence-electron chi connectivity index (χ0n) is 16.9. The van der Waals surface area contributed by atoms with E-state index in [0.29, 0.717) is 22.7 Å². The van der Waals surface area contributed by atoms with Crippen LogP contribution in [-0.2, 0) is 4.79 Å². The van der Waals surface area contributed by atoms with Crippen molar-refractivity contribution < 1.29 is 14.3 Å². The number of aryl methyl sites for hydroxylation is 2. The van der Waals surface area contributed by atoms with Crippen LogP contribution in [0.25, 0.3) is 5.69 Å². The van der Waals surface area contributed by atoms with Gasteiger partial charge in [-0.25, -0.2) is 0 Å². The smallest absolute Gasteiger partial charge is 0.265 e. The molecule has 6 heteroatoms. The van der Waals surface area contributed by atoms with E-state index in [4.69, 9.17) is 4.74 Å². The number of para-hydroxylation sites is 1. The van der Waals surface area contributed by atoms with Crippen molar-refractivity contribution in [3.05, 3.63) is 71.0 Å². The molecule has 0 bridgehead atoms. The Morgan fingerprint density at radius 1 is 1.10 bits per heavy atom. The zero-order chi connectivity index (χ0) is 20.7. The van der Waals surface area contributed by atoms with E-state index < -0.39 is 6.10 Å². The first-order chi connectivity index (χ1) is 13.8. The molecule has 29 heavy (non-hydrogen) atoms. The number of carbonyl (C=O) groups is 2. The molecule has 6 nitrogen and oxygen atoms in total. The first kappa shape index (κ1) is 18.8. The summed E-state index contributed by atoms with van der Waals surface area (Å²) in [5.74, 6) is 0.185. The van der Waals surface area contributed by atoms with Crippen molar-refractivity contribution >= 4 is 23.2 Å². The van der Waals surface area contributed by atoms with Gasteiger partial charge in [0.05, 0.1) is 11.3 Å². The second kappa shape index (κ2) is 7.13. The zero-order valence-corrected chi connectivity index (χ0v) is 16.9. The Kier molecular flexibility index (Phi) is 4.62. The highest BCUT2D eigenvalue weighted by atomic mass is 16.5. The number of nitrogens with zero attached hydrogens (tertiary/aromatic N) is 1. The van der Waals surface area contributed by atoms with Gasteiger partial charge in [-0.15, -0.1) is 0 Å². The van der Waals surface area contributed by atoms with Gasteiger partial charge in [-0.3, -0.25) is 9.59 Å². The molecular formula is C23H23N3O3. The number of nitrogens with one attached hydrogen (secondary N) is 2. The average molecular weight is 389 g/mol. The molecule has 0 fully saturated rings. The highest BCUT2D eigenvalue weighted by Crippen LogP contribution is 2.32. The number of rotatable bonds is 3. The van der Waals surface area contributed by atoms with Gasteiger partial charge in [0, 0.05) is 22.8 Å². The minimum absolute atomic E-state index is 0.200. The van der Waals surface area contributed by atoms with E-state index in [1.54, 1.807) is 25.1 Å². The van der Waals surface area contributed by atoms with Crippen LogP contribution in [0.15, 0.2) is 48.5 Å². The number of hydrogen-bond donors (Lipinski definition) is 2. The first-order valence-corrected chi connectivity index (χ1v) is 9.53. The molecule has 2 amide bonds. The van der Waals surface area contributed by atoms with Crippen molar-refractivity contribution in [2.24, 2.45) is 0 Å². The van der Waals surface area contributed by atoms with Crippen LogP contribution in [0.2, 0.25) is 0 Å². The van der Waals surface area contributed by atoms with Crippen molar-refractivity contribution in [3.63, 3.8) is 0 Å². The number of amides is 2. The summed E-state index contributed by atoms with van der Waals surface area (Å²) in [4.78, 5) is 24.8. The van der Waals surface area contributed by atoms with Gasteiger partial charge in [0.2, 0.25) is 0 Å². The van der Waals surface area contributed by atoms with Crippen molar-refractivity contribution in [2.45, 2.75) is 33.8 Å². The SMILES string of the molecule is Cc1ccccc1-n1c(C)cc(C(=O)Nc2ccc3c(c2)NC(=O)C(C)O3)c1C. The Balaban J connectivity index is 1.62. The molecule has 0 spiro atoms. The Morgan fingerprint density at radius 3 is 2.62 bits per heavy atom. The maximum atomic E-state index is 13.0. The van der Waals surface area contributed by atoms with Crippen LogP contribution in [0.5, 0.6) is 5.75 Å². The quantitative estimate of drug-likeness (QED) is 0.698. The minimum atomic E-state index is -0.533. The average Bonchev–Trinajstić information content (AvgIpc) is 2.98. The van der Waals surface area contributed by atoms with Gasteiger partial charge in [-0.05, 0) is 63.6 Å². The monoisotopic (exact) mass is 389 g/mol. The molecule has 3 aromatic rings. The highest BCUT2D eigenvalue weighted by molar-refractivity contribution is 6.06. The summed E-state index contributed by atoms with van der Waals surface area (Å²) in [6.45, 7) is 7.68. The van der Waals surface area contributed by atoms with Crippen LogP contribution in [-0.4, -0.2) is 22.5 Å². The van der Waals surface area contributed by atoms with E-state index in [9.17, 15) is 9.59 Å². The molecular weight excluding hydrogens is 366 g/mol. The lowest BCUT2D eigenvalue weighted by atomic mass is 10.1. The number of hydrogen-bond acceptors (Lipinski definition) is 3. The largest absolute Gasteiger partial charge is 0.479 e. The summed E-state index contributed by atoms with van der Waals surface area (Å²) in [7, 11) is 0. The lowest BCUT2D eigenvalue weighted by Crippen LogP contribution is -2.34. The number of anilines is 2. The molecule has 0 radical (unpaired) electrons. The van der Waals surface area contributed by atoms with Crippen molar-refractivity contribution in [1.82, 2.24) is 4.57 Å². The predicted molar refractivity (Wildman–Crippen MR) is 113 cm³/mol. The third-order valence-electron chi connectivity index (χ3n) is 5.20. The summed E-state index contributed by atoms with van der Waals surface area (Å²) >= 11 is 0. The standard InChI is InChI=1S/C23H23N3O3/c1-13-7-5-6-8-20(13)26-14(2)11-18(15(26)3)23(28)24-17-9-10-21-19(12-17)25-22(27)16(4)29-21/h5-12,16H,1-4H3,(H,24,28)(H,25,27). The van der Waals surface area contributed by atoms with Crippen LogP contribution < -0.4 is 15.4 Å². The summed E-state index contributed by atoms with van der Waals surface area (Å²) in [6, 6.07) is 15.2. The Labute approximate surface area is 169 Å². The fourth-order valence-electron chi connectivity index (χ4n) is 3.66. The number of benzene rings is 2. The molecule has 2 aromatic carbocycles. The van der Waals surface area contributed by atoms with E-state index in [2.05, 4.69) is 28.2 Å². The Morgan fingerprint density at radius 2 is 1.86 bits per heavy atom. The fraction of sp³-hybridized carbons (Fsp3) is 0.217. The van der Waals surface area contributed by atoms with Gasteiger partial charge in [-0.1, -0.05) is 18.2 Å². The van der Waals surface area contributed by atoms with E-state index >= 15 is 0 Å². The van der Waals surface area contributed by atoms with Crippen molar-refractivity contribution in [1.29, 1.82) is 0 Å². The molecule has 1 aliphatic heterocycles. The maximum absolute atomic E-state index is 13.0. The van der Waals surface area contributed by atoms with Gasteiger partial charge in [-0.2, -0.15) is 0 Å². The van der Waals surface area contributed by atoms with E-state index in [1.807, 2.05) is 38.1 Å². The molecule has 1 unspecified atom stereocenters. The summed E-state index contributed by atoms with van der Waals surface area (Å²) in [5.41, 5.74) is 5.81. The third-order valence-corrected chi connectivity index (χ3v) is 5.20. The maximum Gasteiger partial charge on any atom is 0.265 e. The molecule has 148 valence electrons. The molecule has 1 aliphatic rings. The molecule has 1 aromatic heterocycles. The Hall–Kier alpha value is -3.54. The van der Waals surface area contributed by atoms with Crippen LogP contribution in [0.4, 0.5) is 11.4 Å². The normalized spacial score (nSPS) is 15.3. The highest BCUT2D eigenvalue weighted by Gasteiger charge is 2.24. The van der Waals surface area contributed by atoms with E-state index in [-0.39, 0.29) is 11.8 Å². The molecule has 0 saturated heterocycles. The van der Waals surface area contributed by atoms with Crippen LogP contribution in [0.3, 0.4) is 0 Å². The van der Waals surface area contributed by atoms with Crippen LogP contribution >= 0.6 is 0 Å². The van der Waals surface area contributed by atoms with Crippen molar-refractivity contribution in [3.8, 4) is 11.4 Å². The summed E-state index contributed by atoms with van der Waals surface area (Å²) < 4.78 is 7.65. The van der Waals surface area contributed by atoms with E-state index in [1.165, 1.54) is 0 Å². The summed E-state index contributed by atoms with van der Waals surface area (Å²) in [6.07, 6.45) is -0.533. The topological polar surface area (TPSA) is 72.4 Å². The molecule has 2 heterocycles. The Bertz CT molecular complexity index is 1130. The molecule has 0 saturated carbocycles. The first-order valence-electron chi connectivity index (χ1n) is 9.53. The van der Waals surface area contributed by atoms with E-state index in [0.717, 1.165) is 22.6 Å². The lowest BCUT2D eigenvalue weighted by Gasteiger charge is -2.23. The predicted octanol–water partition coefficient (Wildman–Crippen LogP) is 4.37. The number of carbonyl (C=O) groups excluding carboxylic acids is 2. The van der Waals surface area contributed by atoms with Crippen molar-refractivity contribution in [2.75, 3.05) is 10.6 Å². The number of fused-ring (bicyclic) bond motifs is 1. The second-order valence-corrected chi connectivity index (χ2v) is 7.32. The van der Waals surface area contributed by atoms with Gasteiger partial charge in [0.1, 0.15) is 5.75 Å². The number of aromatic nitrogens is 1. The van der Waals surface area contributed by atoms with Gasteiger partial charge >= 0.3 is 0 Å². The summed E-state index contributed by atoms with van der Waals surface area (Å²) in [5, 5.41) is 5.72. The van der Waals surface area contributed by atoms with Crippen LogP contribution in [0.1, 0.15) is 34.2 Å².